The van der Waals surface area contributed by atoms with E-state index in [1.165, 1.54) is 20.1 Å². The predicted molar refractivity (Wildman–Crippen MR) is 132 cm³/mol. The Bertz CT molecular complexity index is 1310. The van der Waals surface area contributed by atoms with Crippen LogP contribution in [0.25, 0.3) is 10.9 Å². The van der Waals surface area contributed by atoms with Gasteiger partial charge in [-0.25, -0.2) is 14.4 Å². The van der Waals surface area contributed by atoms with Gasteiger partial charge < -0.3 is 25.3 Å². The molecule has 0 amide bonds. The first-order chi connectivity index (χ1) is 17.3. The zero-order valence-corrected chi connectivity index (χ0v) is 21.3. The summed E-state index contributed by atoms with van der Waals surface area (Å²) < 4.78 is 72.7. The van der Waals surface area contributed by atoms with Crippen LogP contribution in [0.4, 0.5) is 29.1 Å². The summed E-state index contributed by atoms with van der Waals surface area (Å²) in [6.07, 6.45) is -3.18. The number of nitrogens with zero attached hydrogens (tertiary/aromatic N) is 2. The normalized spacial score (nSPS) is 17.2. The number of halogens is 4. The second kappa shape index (κ2) is 9.85. The van der Waals surface area contributed by atoms with Gasteiger partial charge in [0.1, 0.15) is 23.1 Å². The third-order valence-electron chi connectivity index (χ3n) is 6.42. The van der Waals surface area contributed by atoms with E-state index in [2.05, 4.69) is 15.3 Å². The summed E-state index contributed by atoms with van der Waals surface area (Å²) in [5.74, 6) is 0.191. The largest absolute Gasteiger partial charge is 0.493 e. The maximum Gasteiger partial charge on any atom is 0.419 e. The SMILES string of the molecule is COc1cc2nc(C)nc(N[C@H](C)c3cc(N)cc(C(F)(F)F)c3F)c2cc1OC(C)(C)C1CCCO1. The average molecular weight is 523 g/mol. The van der Waals surface area contributed by atoms with Crippen molar-refractivity contribution in [2.75, 3.05) is 24.8 Å². The van der Waals surface area contributed by atoms with Crippen LogP contribution >= 0.6 is 0 Å². The van der Waals surface area contributed by atoms with E-state index < -0.39 is 29.2 Å². The Kier molecular flexibility index (Phi) is 7.11. The molecule has 3 aromatic rings. The first-order valence-corrected chi connectivity index (χ1v) is 11.9. The number of methoxy groups -OCH3 is 1. The molecule has 0 radical (unpaired) electrons. The Balaban J connectivity index is 1.75. The molecule has 0 spiro atoms. The molecular formula is C26H30F4N4O3. The predicted octanol–water partition coefficient (Wildman–Crippen LogP) is 6.20. The molecule has 2 atom stereocenters. The first-order valence-electron chi connectivity index (χ1n) is 11.9. The second-order valence-electron chi connectivity index (χ2n) is 9.68. The van der Waals surface area contributed by atoms with Crippen LogP contribution in [0.2, 0.25) is 0 Å². The zero-order chi connectivity index (χ0) is 27.1. The number of rotatable bonds is 7. The second-order valence-corrected chi connectivity index (χ2v) is 9.68. The topological polar surface area (TPSA) is 91.5 Å². The standard InChI is InChI=1S/C26H30F4N4O3/c1-13(16-9-15(31)10-18(23(16)27)26(28,29)30)32-24-17-11-21(37-25(3,4)22-7-6-8-36-22)20(35-5)12-19(17)33-14(2)34-24/h9-13,22H,6-8,31H2,1-5H3,(H,32,33,34)/t13-,22?/m1/s1. The minimum absolute atomic E-state index is 0.103. The van der Waals surface area contributed by atoms with E-state index in [9.17, 15) is 17.6 Å². The molecule has 1 aliphatic rings. The van der Waals surface area contributed by atoms with Gasteiger partial charge in [-0.3, -0.25) is 0 Å². The molecule has 0 aliphatic carbocycles. The Morgan fingerprint density at radius 2 is 1.86 bits per heavy atom. The van der Waals surface area contributed by atoms with Gasteiger partial charge in [-0.2, -0.15) is 13.2 Å². The summed E-state index contributed by atoms with van der Waals surface area (Å²) in [6.45, 7) is 7.74. The number of ether oxygens (including phenoxy) is 3. The third-order valence-corrected chi connectivity index (χ3v) is 6.42. The Morgan fingerprint density at radius 1 is 1.14 bits per heavy atom. The zero-order valence-electron chi connectivity index (χ0n) is 21.3. The van der Waals surface area contributed by atoms with Crippen LogP contribution in [-0.4, -0.2) is 35.4 Å². The summed E-state index contributed by atoms with van der Waals surface area (Å²) in [4.78, 5) is 8.91. The van der Waals surface area contributed by atoms with Gasteiger partial charge in [-0.1, -0.05) is 0 Å². The summed E-state index contributed by atoms with van der Waals surface area (Å²) in [7, 11) is 1.52. The molecule has 200 valence electrons. The number of nitrogens with one attached hydrogen (secondary N) is 1. The molecule has 3 N–H and O–H groups in total. The van der Waals surface area contributed by atoms with Gasteiger partial charge in [0.15, 0.2) is 11.5 Å². The van der Waals surface area contributed by atoms with Crippen molar-refractivity contribution in [3.63, 3.8) is 0 Å². The fraction of sp³-hybridized carbons (Fsp3) is 0.462. The average Bonchev–Trinajstić information content (AvgIpc) is 3.35. The lowest BCUT2D eigenvalue weighted by atomic mass is 9.98. The molecule has 1 aliphatic heterocycles. The molecule has 1 saturated heterocycles. The smallest absolute Gasteiger partial charge is 0.419 e. The minimum atomic E-state index is -4.88. The van der Waals surface area contributed by atoms with Crippen molar-refractivity contribution >= 4 is 22.4 Å². The maximum absolute atomic E-state index is 14.9. The minimum Gasteiger partial charge on any atom is -0.493 e. The first kappa shape index (κ1) is 26.7. The monoisotopic (exact) mass is 522 g/mol. The van der Waals surface area contributed by atoms with E-state index >= 15 is 0 Å². The molecule has 4 rings (SSSR count). The molecule has 1 fully saturated rings. The highest BCUT2D eigenvalue weighted by Crippen LogP contribution is 2.40. The van der Waals surface area contributed by atoms with Crippen molar-refractivity contribution in [2.45, 2.75) is 64.5 Å². The Hall–Kier alpha value is -3.34. The van der Waals surface area contributed by atoms with Crippen LogP contribution in [0.5, 0.6) is 11.5 Å². The number of aromatic nitrogens is 2. The third kappa shape index (κ3) is 5.51. The van der Waals surface area contributed by atoms with Crippen LogP contribution in [0, 0.1) is 12.7 Å². The Labute approximate surface area is 212 Å². The van der Waals surface area contributed by atoms with E-state index in [0.29, 0.717) is 46.7 Å². The van der Waals surface area contributed by atoms with E-state index in [0.717, 1.165) is 12.8 Å². The van der Waals surface area contributed by atoms with E-state index in [-0.39, 0.29) is 17.4 Å². The fourth-order valence-electron chi connectivity index (χ4n) is 4.55. The molecule has 0 saturated carbocycles. The number of anilines is 2. The van der Waals surface area contributed by atoms with Crippen LogP contribution < -0.4 is 20.5 Å². The molecule has 37 heavy (non-hydrogen) atoms. The van der Waals surface area contributed by atoms with Gasteiger partial charge in [-0.05, 0) is 58.7 Å². The summed E-state index contributed by atoms with van der Waals surface area (Å²) >= 11 is 0. The highest BCUT2D eigenvalue weighted by molar-refractivity contribution is 5.92. The van der Waals surface area contributed by atoms with Crippen LogP contribution in [0.15, 0.2) is 24.3 Å². The molecular weight excluding hydrogens is 492 g/mol. The highest BCUT2D eigenvalue weighted by Gasteiger charge is 2.37. The number of alkyl halides is 3. The lowest BCUT2D eigenvalue weighted by Gasteiger charge is -2.32. The van der Waals surface area contributed by atoms with Gasteiger partial charge in [0.2, 0.25) is 0 Å². The maximum atomic E-state index is 14.9. The Morgan fingerprint density at radius 3 is 2.49 bits per heavy atom. The van der Waals surface area contributed by atoms with Crippen LogP contribution in [0.1, 0.15) is 56.6 Å². The quantitative estimate of drug-likeness (QED) is 0.282. The molecule has 1 unspecified atom stereocenters. The molecule has 11 heteroatoms. The van der Waals surface area contributed by atoms with Gasteiger partial charge in [0.05, 0.1) is 30.3 Å². The molecule has 7 nitrogen and oxygen atoms in total. The number of hydrogen-bond donors (Lipinski definition) is 2. The highest BCUT2D eigenvalue weighted by atomic mass is 19.4. The number of aryl methyl sites for hydroxylation is 1. The summed E-state index contributed by atoms with van der Waals surface area (Å²) in [5.41, 5.74) is 3.68. The van der Waals surface area contributed by atoms with E-state index in [1.807, 2.05) is 13.8 Å². The fourth-order valence-corrected chi connectivity index (χ4v) is 4.55. The van der Waals surface area contributed by atoms with Crippen molar-refractivity contribution < 1.29 is 31.8 Å². The van der Waals surface area contributed by atoms with E-state index in [4.69, 9.17) is 19.9 Å². The lowest BCUT2D eigenvalue weighted by Crippen LogP contribution is -2.41. The van der Waals surface area contributed by atoms with Crippen LogP contribution in [0.3, 0.4) is 0 Å². The van der Waals surface area contributed by atoms with Crippen molar-refractivity contribution in [3.05, 3.63) is 47.0 Å². The van der Waals surface area contributed by atoms with E-state index in [1.54, 1.807) is 19.1 Å². The van der Waals surface area contributed by atoms with Gasteiger partial charge in [-0.15, -0.1) is 0 Å². The number of benzene rings is 2. The molecule has 2 heterocycles. The molecule has 0 bridgehead atoms. The van der Waals surface area contributed by atoms with Crippen molar-refractivity contribution in [1.29, 1.82) is 0 Å². The summed E-state index contributed by atoms with van der Waals surface area (Å²) in [6, 6.07) is 4.26. The number of nitrogens with two attached hydrogens (primary N) is 1. The van der Waals surface area contributed by atoms with Gasteiger partial charge in [0, 0.05) is 29.3 Å². The van der Waals surface area contributed by atoms with Gasteiger partial charge >= 0.3 is 6.18 Å². The van der Waals surface area contributed by atoms with Crippen molar-refractivity contribution in [3.8, 4) is 11.5 Å². The number of hydrogen-bond acceptors (Lipinski definition) is 7. The van der Waals surface area contributed by atoms with Crippen molar-refractivity contribution in [1.82, 2.24) is 9.97 Å². The number of nitrogen functional groups attached to an aromatic ring is 1. The number of fused-ring (bicyclic) bond motifs is 1. The molecule has 2 aromatic carbocycles. The summed E-state index contributed by atoms with van der Waals surface area (Å²) in [5, 5.41) is 3.56. The van der Waals surface area contributed by atoms with Crippen molar-refractivity contribution in [2.24, 2.45) is 0 Å². The van der Waals surface area contributed by atoms with Gasteiger partial charge in [0.25, 0.3) is 0 Å². The van der Waals surface area contributed by atoms with Crippen LogP contribution in [-0.2, 0) is 10.9 Å². The molecule has 1 aromatic heterocycles. The lowest BCUT2D eigenvalue weighted by molar-refractivity contribution is -0.140.